The zero-order valence-electron chi connectivity index (χ0n) is 15.8. The molecule has 3 heterocycles. The Morgan fingerprint density at radius 1 is 0.967 bits per heavy atom. The van der Waals surface area contributed by atoms with Crippen LogP contribution in [0.1, 0.15) is 20.0 Å². The van der Waals surface area contributed by atoms with E-state index >= 15 is 0 Å². The Kier molecular flexibility index (Phi) is 5.98. The van der Waals surface area contributed by atoms with Gasteiger partial charge in [0, 0.05) is 36.6 Å². The number of aromatic nitrogens is 1. The second kappa shape index (κ2) is 8.83. The fourth-order valence-electron chi connectivity index (χ4n) is 3.32. The molecular formula is C21H19ClN4O3S. The van der Waals surface area contributed by atoms with Gasteiger partial charge in [-0.2, -0.15) is 0 Å². The van der Waals surface area contributed by atoms with E-state index in [9.17, 15) is 14.4 Å². The fraction of sp³-hybridized carbons (Fsp3) is 0.190. The average Bonchev–Trinajstić information content (AvgIpc) is 3.37. The van der Waals surface area contributed by atoms with Gasteiger partial charge in [-0.3, -0.25) is 19.0 Å². The summed E-state index contributed by atoms with van der Waals surface area (Å²) in [5.41, 5.74) is 1.02. The third-order valence-electron chi connectivity index (χ3n) is 4.87. The van der Waals surface area contributed by atoms with Gasteiger partial charge in [0.1, 0.15) is 0 Å². The Morgan fingerprint density at radius 2 is 1.67 bits per heavy atom. The minimum absolute atomic E-state index is 0.141. The second-order valence-corrected chi connectivity index (χ2v) is 8.59. The largest absolute Gasteiger partial charge is 0.346 e. The summed E-state index contributed by atoms with van der Waals surface area (Å²) in [6.07, 6.45) is 1.68. The maximum absolute atomic E-state index is 12.7. The molecule has 154 valence electrons. The van der Waals surface area contributed by atoms with E-state index in [-0.39, 0.29) is 29.5 Å². The fourth-order valence-corrected chi connectivity index (χ4v) is 4.27. The first-order valence-corrected chi connectivity index (χ1v) is 10.6. The molecule has 1 fully saturated rings. The van der Waals surface area contributed by atoms with E-state index in [1.165, 1.54) is 22.0 Å². The molecule has 1 aliphatic heterocycles. The number of hydrogen-bond donors (Lipinski definition) is 3. The summed E-state index contributed by atoms with van der Waals surface area (Å²) in [5, 5.41) is 9.11. The van der Waals surface area contributed by atoms with Crippen molar-refractivity contribution >= 4 is 34.8 Å². The van der Waals surface area contributed by atoms with Crippen molar-refractivity contribution in [1.29, 1.82) is 0 Å². The van der Waals surface area contributed by atoms with Gasteiger partial charge in [-0.15, -0.1) is 11.3 Å². The Balaban J connectivity index is 1.41. The first-order valence-electron chi connectivity index (χ1n) is 9.37. The lowest BCUT2D eigenvalue weighted by molar-refractivity contribution is 0.0898. The van der Waals surface area contributed by atoms with Gasteiger partial charge in [-0.25, -0.2) is 0 Å². The minimum Gasteiger partial charge on any atom is -0.346 e. The van der Waals surface area contributed by atoms with E-state index in [1.807, 2.05) is 0 Å². The SMILES string of the molecule is O=C(N[C@@H]1CNC[C@H]1NC(=O)c1ccc(Cl)s1)c1ccc(-n2ccccc2=O)cc1. The van der Waals surface area contributed by atoms with Crippen LogP contribution >= 0.6 is 22.9 Å². The van der Waals surface area contributed by atoms with E-state index in [0.29, 0.717) is 33.6 Å². The standard InChI is InChI=1S/C21H19ClN4O3S/c22-18-9-8-17(30-18)21(29)25-16-12-23-11-15(16)24-20(28)13-4-6-14(7-5-13)26-10-2-1-3-19(26)27/h1-10,15-16,23H,11-12H2,(H,24,28)(H,25,29)/t15-,16-/m1/s1. The van der Waals surface area contributed by atoms with Crippen LogP contribution in [0, 0.1) is 0 Å². The van der Waals surface area contributed by atoms with Crippen LogP contribution in [0.2, 0.25) is 4.34 Å². The molecule has 2 aromatic heterocycles. The number of rotatable bonds is 5. The Labute approximate surface area is 181 Å². The third-order valence-corrected chi connectivity index (χ3v) is 6.10. The third kappa shape index (κ3) is 4.46. The molecule has 1 aliphatic rings. The number of thiophene rings is 1. The quantitative estimate of drug-likeness (QED) is 0.564. The number of nitrogens with zero attached hydrogens (tertiary/aromatic N) is 1. The molecule has 0 saturated carbocycles. The monoisotopic (exact) mass is 442 g/mol. The average molecular weight is 443 g/mol. The zero-order chi connectivity index (χ0) is 21.1. The molecule has 0 radical (unpaired) electrons. The molecule has 3 N–H and O–H groups in total. The summed E-state index contributed by atoms with van der Waals surface area (Å²) in [6, 6.07) is 14.6. The van der Waals surface area contributed by atoms with Gasteiger partial charge in [0.15, 0.2) is 0 Å². The highest BCUT2D eigenvalue weighted by atomic mass is 35.5. The molecule has 9 heteroatoms. The summed E-state index contributed by atoms with van der Waals surface area (Å²) >= 11 is 7.11. The van der Waals surface area contributed by atoms with Gasteiger partial charge in [0.25, 0.3) is 17.4 Å². The summed E-state index contributed by atoms with van der Waals surface area (Å²) in [5.74, 6) is -0.452. The summed E-state index contributed by atoms with van der Waals surface area (Å²) < 4.78 is 2.06. The molecule has 7 nitrogen and oxygen atoms in total. The summed E-state index contributed by atoms with van der Waals surface area (Å²) in [6.45, 7) is 1.12. The number of carbonyl (C=O) groups excluding carboxylic acids is 2. The molecule has 2 atom stereocenters. The Bertz CT molecular complexity index is 1130. The molecule has 0 unspecified atom stereocenters. The van der Waals surface area contributed by atoms with Crippen LogP contribution in [0.5, 0.6) is 0 Å². The van der Waals surface area contributed by atoms with Crippen molar-refractivity contribution in [2.45, 2.75) is 12.1 Å². The lowest BCUT2D eigenvalue weighted by Gasteiger charge is -2.21. The summed E-state index contributed by atoms with van der Waals surface area (Å²) in [7, 11) is 0. The van der Waals surface area contributed by atoms with E-state index in [2.05, 4.69) is 16.0 Å². The molecule has 2 amide bonds. The highest BCUT2D eigenvalue weighted by Crippen LogP contribution is 2.21. The van der Waals surface area contributed by atoms with Gasteiger partial charge in [0.05, 0.1) is 21.3 Å². The number of amides is 2. The van der Waals surface area contributed by atoms with Crippen molar-refractivity contribution in [3.8, 4) is 5.69 Å². The molecule has 30 heavy (non-hydrogen) atoms. The van der Waals surface area contributed by atoms with Crippen LogP contribution < -0.4 is 21.5 Å². The molecule has 1 saturated heterocycles. The van der Waals surface area contributed by atoms with Gasteiger partial charge >= 0.3 is 0 Å². The molecule has 3 aromatic rings. The van der Waals surface area contributed by atoms with Crippen molar-refractivity contribution in [1.82, 2.24) is 20.5 Å². The van der Waals surface area contributed by atoms with Gasteiger partial charge < -0.3 is 16.0 Å². The number of halogens is 1. The normalized spacial score (nSPS) is 18.2. The van der Waals surface area contributed by atoms with Crippen molar-refractivity contribution < 1.29 is 9.59 Å². The number of pyridine rings is 1. The van der Waals surface area contributed by atoms with Crippen LogP contribution in [0.4, 0.5) is 0 Å². The van der Waals surface area contributed by atoms with E-state index in [1.54, 1.807) is 54.7 Å². The topological polar surface area (TPSA) is 92.2 Å². The second-order valence-electron chi connectivity index (χ2n) is 6.88. The van der Waals surface area contributed by atoms with Crippen molar-refractivity contribution in [3.05, 3.63) is 85.9 Å². The number of benzene rings is 1. The van der Waals surface area contributed by atoms with Crippen molar-refractivity contribution in [2.75, 3.05) is 13.1 Å². The molecule has 1 aromatic carbocycles. The van der Waals surface area contributed by atoms with Crippen LogP contribution in [0.3, 0.4) is 0 Å². The van der Waals surface area contributed by atoms with Crippen molar-refractivity contribution in [2.24, 2.45) is 0 Å². The first kappa shape index (κ1) is 20.3. The van der Waals surface area contributed by atoms with Crippen LogP contribution in [0.15, 0.2) is 65.6 Å². The van der Waals surface area contributed by atoms with Crippen LogP contribution in [0.25, 0.3) is 5.69 Å². The zero-order valence-corrected chi connectivity index (χ0v) is 17.4. The number of carbonyl (C=O) groups is 2. The van der Waals surface area contributed by atoms with Gasteiger partial charge in [0.2, 0.25) is 0 Å². The molecule has 0 spiro atoms. The molecule has 0 aliphatic carbocycles. The molecular weight excluding hydrogens is 424 g/mol. The van der Waals surface area contributed by atoms with Gasteiger partial charge in [-0.05, 0) is 42.5 Å². The lowest BCUT2D eigenvalue weighted by Crippen LogP contribution is -2.50. The summed E-state index contributed by atoms with van der Waals surface area (Å²) in [4.78, 5) is 37.5. The number of nitrogens with one attached hydrogen (secondary N) is 3. The maximum Gasteiger partial charge on any atom is 0.261 e. The van der Waals surface area contributed by atoms with Gasteiger partial charge in [-0.1, -0.05) is 17.7 Å². The van der Waals surface area contributed by atoms with Crippen LogP contribution in [-0.4, -0.2) is 41.6 Å². The Hall–Kier alpha value is -2.94. The lowest BCUT2D eigenvalue weighted by atomic mass is 10.1. The molecule has 0 bridgehead atoms. The van der Waals surface area contributed by atoms with Crippen molar-refractivity contribution in [3.63, 3.8) is 0 Å². The van der Waals surface area contributed by atoms with Crippen LogP contribution in [-0.2, 0) is 0 Å². The number of hydrogen-bond acceptors (Lipinski definition) is 5. The molecule has 4 rings (SSSR count). The predicted octanol–water partition coefficient (Wildman–Crippen LogP) is 2.05. The smallest absolute Gasteiger partial charge is 0.261 e. The highest BCUT2D eigenvalue weighted by molar-refractivity contribution is 7.18. The maximum atomic E-state index is 12.7. The first-order chi connectivity index (χ1) is 14.5. The Morgan fingerprint density at radius 3 is 2.30 bits per heavy atom. The minimum atomic E-state index is -0.242. The highest BCUT2D eigenvalue weighted by Gasteiger charge is 2.30. The van der Waals surface area contributed by atoms with E-state index in [4.69, 9.17) is 11.6 Å². The van der Waals surface area contributed by atoms with E-state index in [0.717, 1.165) is 0 Å². The van der Waals surface area contributed by atoms with E-state index < -0.39 is 0 Å². The predicted molar refractivity (Wildman–Crippen MR) is 117 cm³/mol.